The molecule has 0 radical (unpaired) electrons. The molecular formula is C57H35N3. The van der Waals surface area contributed by atoms with Gasteiger partial charge in [0.05, 0.1) is 17.1 Å². The van der Waals surface area contributed by atoms with E-state index in [2.05, 4.69) is 187 Å². The van der Waals surface area contributed by atoms with E-state index in [1.807, 2.05) is 30.5 Å². The van der Waals surface area contributed by atoms with Crippen molar-refractivity contribution in [3.05, 3.63) is 212 Å². The first-order valence-corrected chi connectivity index (χ1v) is 20.4. The van der Waals surface area contributed by atoms with Crippen LogP contribution in [-0.2, 0) is 0 Å². The Balaban J connectivity index is 1.00. The molecule has 0 aliphatic rings. The van der Waals surface area contributed by atoms with E-state index in [4.69, 9.17) is 9.97 Å². The second-order valence-corrected chi connectivity index (χ2v) is 15.5. The molecule has 0 spiro atoms. The molecule has 0 aliphatic carbocycles. The fourth-order valence-electron chi connectivity index (χ4n) is 9.22. The fraction of sp³-hybridized carbons (Fsp3) is 0. The van der Waals surface area contributed by atoms with Gasteiger partial charge in [-0.2, -0.15) is 0 Å². The quantitative estimate of drug-likeness (QED) is 0.158. The topological polar surface area (TPSA) is 38.7 Å². The van der Waals surface area contributed by atoms with Crippen LogP contribution in [0.15, 0.2) is 212 Å². The summed E-state index contributed by atoms with van der Waals surface area (Å²) in [4.78, 5) is 14.9. The predicted octanol–water partition coefficient (Wildman–Crippen LogP) is 15.1. The van der Waals surface area contributed by atoms with E-state index >= 15 is 0 Å². The smallest absolute Gasteiger partial charge is 0.160 e. The third-order valence-electron chi connectivity index (χ3n) is 12.1. The molecule has 0 aliphatic heterocycles. The molecule has 0 N–H and O–H groups in total. The van der Waals surface area contributed by atoms with Crippen LogP contribution in [0.1, 0.15) is 0 Å². The number of hydrogen-bond acceptors (Lipinski definition) is 3. The average Bonchev–Trinajstić information content (AvgIpc) is 3.33. The fourth-order valence-corrected chi connectivity index (χ4v) is 9.22. The highest BCUT2D eigenvalue weighted by atomic mass is 14.9. The van der Waals surface area contributed by atoms with Crippen LogP contribution >= 0.6 is 0 Å². The predicted molar refractivity (Wildman–Crippen MR) is 251 cm³/mol. The summed E-state index contributed by atoms with van der Waals surface area (Å²) in [5.74, 6) is 0.687. The summed E-state index contributed by atoms with van der Waals surface area (Å²) in [5, 5.41) is 12.7. The van der Waals surface area contributed by atoms with E-state index in [0.29, 0.717) is 5.82 Å². The van der Waals surface area contributed by atoms with Gasteiger partial charge >= 0.3 is 0 Å². The Morgan fingerprint density at radius 1 is 0.267 bits per heavy atom. The van der Waals surface area contributed by atoms with Gasteiger partial charge < -0.3 is 0 Å². The lowest BCUT2D eigenvalue weighted by Gasteiger charge is -2.18. The van der Waals surface area contributed by atoms with Crippen molar-refractivity contribution in [1.82, 2.24) is 15.0 Å². The molecule has 2 heterocycles. The van der Waals surface area contributed by atoms with E-state index in [1.165, 1.54) is 70.6 Å². The van der Waals surface area contributed by atoms with Gasteiger partial charge in [0.1, 0.15) is 0 Å². The van der Waals surface area contributed by atoms with E-state index in [1.54, 1.807) is 0 Å². The minimum absolute atomic E-state index is 0.687. The van der Waals surface area contributed by atoms with Crippen molar-refractivity contribution in [2.24, 2.45) is 0 Å². The van der Waals surface area contributed by atoms with Crippen molar-refractivity contribution in [3.8, 4) is 67.4 Å². The van der Waals surface area contributed by atoms with E-state index in [9.17, 15) is 0 Å². The summed E-state index contributed by atoms with van der Waals surface area (Å²) < 4.78 is 0. The second-order valence-electron chi connectivity index (χ2n) is 15.5. The molecule has 3 nitrogen and oxygen atoms in total. The van der Waals surface area contributed by atoms with Gasteiger partial charge in [0.15, 0.2) is 5.82 Å². The first kappa shape index (κ1) is 34.1. The van der Waals surface area contributed by atoms with Crippen LogP contribution in [0, 0.1) is 0 Å². The van der Waals surface area contributed by atoms with Crippen LogP contribution in [0.5, 0.6) is 0 Å². The minimum atomic E-state index is 0.687. The Kier molecular flexibility index (Phi) is 7.85. The molecule has 0 saturated heterocycles. The number of pyridine rings is 1. The van der Waals surface area contributed by atoms with Crippen molar-refractivity contribution >= 4 is 53.9 Å². The number of hydrogen-bond donors (Lipinski definition) is 0. The molecule has 0 atom stereocenters. The van der Waals surface area contributed by atoms with E-state index in [0.717, 1.165) is 44.9 Å². The molecule has 12 aromatic rings. The van der Waals surface area contributed by atoms with Crippen molar-refractivity contribution < 1.29 is 0 Å². The lowest BCUT2D eigenvalue weighted by molar-refractivity contribution is 1.18. The third kappa shape index (κ3) is 5.63. The SMILES string of the molecule is c1ccc(-c2cc(-c3ccc(-c4ccccn4)cc3)nc(-c3cccc(-c4ccc5ccc6c(-c7cc8ccccc8c8ccccc78)ccc7ccc4c5c76)c3)n2)cc1. The summed E-state index contributed by atoms with van der Waals surface area (Å²) in [7, 11) is 0. The van der Waals surface area contributed by atoms with Crippen LogP contribution in [0.25, 0.3) is 121 Å². The standard InChI is InChI=1S/C57H35N3/c1-2-11-36(12-3-1)53-35-54(38-22-20-37(21-23-38)52-19-8-9-32-58-52)60-57(59-53)43-15-10-14-41(33-43)45-28-24-39-27-31-50-48(29-25-40-26-30-49(45)55(39)56(40)50)51-34-42-13-4-5-16-44(42)46-17-6-7-18-47(46)51/h1-35H. The lowest BCUT2D eigenvalue weighted by Crippen LogP contribution is -1.96. The first-order valence-electron chi connectivity index (χ1n) is 20.4. The number of aromatic nitrogens is 3. The molecule has 278 valence electrons. The summed E-state index contributed by atoms with van der Waals surface area (Å²) in [5.41, 5.74) is 11.6. The zero-order valence-corrected chi connectivity index (χ0v) is 32.5. The summed E-state index contributed by atoms with van der Waals surface area (Å²) >= 11 is 0. The molecule has 3 heteroatoms. The first-order chi connectivity index (χ1) is 29.7. The average molecular weight is 762 g/mol. The van der Waals surface area contributed by atoms with Gasteiger partial charge in [-0.25, -0.2) is 9.97 Å². The van der Waals surface area contributed by atoms with Crippen LogP contribution in [0.3, 0.4) is 0 Å². The third-order valence-corrected chi connectivity index (χ3v) is 12.1. The minimum Gasteiger partial charge on any atom is -0.256 e. The van der Waals surface area contributed by atoms with Gasteiger partial charge in [-0.05, 0) is 106 Å². The normalized spacial score (nSPS) is 11.7. The monoisotopic (exact) mass is 761 g/mol. The summed E-state index contributed by atoms with van der Waals surface area (Å²) in [6.07, 6.45) is 1.83. The van der Waals surface area contributed by atoms with Crippen molar-refractivity contribution in [3.63, 3.8) is 0 Å². The lowest BCUT2D eigenvalue weighted by atomic mass is 9.85. The Bertz CT molecular complexity index is 3580. The Hall–Kier alpha value is -8.01. The van der Waals surface area contributed by atoms with Gasteiger partial charge in [0.2, 0.25) is 0 Å². The van der Waals surface area contributed by atoms with Gasteiger partial charge in [0.25, 0.3) is 0 Å². The highest BCUT2D eigenvalue weighted by molar-refractivity contribution is 6.28. The number of benzene rings is 10. The van der Waals surface area contributed by atoms with Gasteiger partial charge in [-0.3, -0.25) is 4.98 Å². The number of rotatable bonds is 6. The van der Waals surface area contributed by atoms with E-state index < -0.39 is 0 Å². The molecule has 12 rings (SSSR count). The van der Waals surface area contributed by atoms with Crippen molar-refractivity contribution in [1.29, 1.82) is 0 Å². The van der Waals surface area contributed by atoms with E-state index in [-0.39, 0.29) is 0 Å². The van der Waals surface area contributed by atoms with Crippen molar-refractivity contribution in [2.45, 2.75) is 0 Å². The molecule has 0 bridgehead atoms. The zero-order chi connectivity index (χ0) is 39.6. The zero-order valence-electron chi connectivity index (χ0n) is 32.5. The largest absolute Gasteiger partial charge is 0.256 e. The molecular weight excluding hydrogens is 727 g/mol. The molecule has 0 saturated carbocycles. The molecule has 10 aromatic carbocycles. The van der Waals surface area contributed by atoms with Gasteiger partial charge in [-0.1, -0.05) is 176 Å². The molecule has 0 unspecified atom stereocenters. The highest BCUT2D eigenvalue weighted by Gasteiger charge is 2.18. The Morgan fingerprint density at radius 2 is 0.833 bits per heavy atom. The maximum atomic E-state index is 5.22. The van der Waals surface area contributed by atoms with Crippen molar-refractivity contribution in [2.75, 3.05) is 0 Å². The molecule has 60 heavy (non-hydrogen) atoms. The van der Waals surface area contributed by atoms with Crippen LogP contribution in [0.4, 0.5) is 0 Å². The molecule has 0 fully saturated rings. The summed E-state index contributed by atoms with van der Waals surface area (Å²) in [6, 6.07) is 73.9. The number of fused-ring (bicyclic) bond motifs is 3. The Labute approximate surface area is 347 Å². The van der Waals surface area contributed by atoms with Gasteiger partial charge in [0, 0.05) is 28.5 Å². The number of nitrogens with zero attached hydrogens (tertiary/aromatic N) is 3. The Morgan fingerprint density at radius 3 is 1.57 bits per heavy atom. The summed E-state index contributed by atoms with van der Waals surface area (Å²) in [6.45, 7) is 0. The maximum Gasteiger partial charge on any atom is 0.160 e. The van der Waals surface area contributed by atoms with Gasteiger partial charge in [-0.15, -0.1) is 0 Å². The van der Waals surface area contributed by atoms with Crippen LogP contribution in [-0.4, -0.2) is 15.0 Å². The highest BCUT2D eigenvalue weighted by Crippen LogP contribution is 2.45. The second kappa shape index (κ2) is 13.8. The molecule has 2 aromatic heterocycles. The van der Waals surface area contributed by atoms with Crippen LogP contribution in [0.2, 0.25) is 0 Å². The molecule has 0 amide bonds. The van der Waals surface area contributed by atoms with Crippen LogP contribution < -0.4 is 0 Å². The maximum absolute atomic E-state index is 5.22.